The van der Waals surface area contributed by atoms with Crippen molar-refractivity contribution in [2.24, 2.45) is 0 Å². The van der Waals surface area contributed by atoms with E-state index in [1.165, 1.54) is 6.07 Å². The first kappa shape index (κ1) is 22.4. The molecule has 1 amide bonds. The Morgan fingerprint density at radius 3 is 2.67 bits per heavy atom. The second-order valence-corrected chi connectivity index (χ2v) is 7.89. The van der Waals surface area contributed by atoms with Gasteiger partial charge < -0.3 is 14.5 Å². The van der Waals surface area contributed by atoms with Crippen LogP contribution in [0.25, 0.3) is 0 Å². The number of halogens is 1. The molecule has 2 aromatic heterocycles. The second-order valence-electron chi connectivity index (χ2n) is 7.89. The number of aromatic nitrogens is 3. The molecule has 172 valence electrons. The summed E-state index contributed by atoms with van der Waals surface area (Å²) in [6.07, 6.45) is 2.67. The number of hydrogen-bond acceptors (Lipinski definition) is 6. The maximum Gasteiger partial charge on any atom is 0.267 e. The van der Waals surface area contributed by atoms with Crippen molar-refractivity contribution >= 4 is 11.7 Å². The molecule has 4 rings (SSSR count). The first-order chi connectivity index (χ1) is 16.0. The summed E-state index contributed by atoms with van der Waals surface area (Å²) in [6.45, 7) is 4.00. The van der Waals surface area contributed by atoms with Crippen LogP contribution in [-0.4, -0.2) is 59.3 Å². The maximum atomic E-state index is 14.6. The van der Waals surface area contributed by atoms with Crippen LogP contribution in [0.4, 0.5) is 10.2 Å². The highest BCUT2D eigenvalue weighted by Gasteiger charge is 2.25. The van der Waals surface area contributed by atoms with Gasteiger partial charge in [-0.05, 0) is 36.2 Å². The van der Waals surface area contributed by atoms with Gasteiger partial charge in [-0.1, -0.05) is 13.0 Å². The van der Waals surface area contributed by atoms with E-state index in [2.05, 4.69) is 20.1 Å². The summed E-state index contributed by atoms with van der Waals surface area (Å²) in [7, 11) is 1.61. The van der Waals surface area contributed by atoms with Gasteiger partial charge in [-0.25, -0.2) is 14.5 Å². The van der Waals surface area contributed by atoms with Gasteiger partial charge in [0.05, 0.1) is 18.4 Å². The SMILES string of the molecule is CCc1cc(Cc2ccc(F)c(C(=O)N3CCN(c4cc(OC)ccn4)CC3)c2)n[nH]c1=O. The number of aromatic amines is 1. The highest BCUT2D eigenvalue weighted by Crippen LogP contribution is 2.21. The fraction of sp³-hybridized carbons (Fsp3) is 0.333. The summed E-state index contributed by atoms with van der Waals surface area (Å²) >= 11 is 0. The van der Waals surface area contributed by atoms with Gasteiger partial charge in [-0.3, -0.25) is 9.59 Å². The number of piperazine rings is 1. The molecular formula is C24H26FN5O3. The monoisotopic (exact) mass is 451 g/mol. The molecule has 1 aromatic carbocycles. The quantitative estimate of drug-likeness (QED) is 0.619. The zero-order valence-electron chi connectivity index (χ0n) is 18.7. The number of H-pyrrole nitrogens is 1. The summed E-state index contributed by atoms with van der Waals surface area (Å²) in [5.41, 5.74) is 1.89. The van der Waals surface area contributed by atoms with Crippen LogP contribution in [0.2, 0.25) is 0 Å². The van der Waals surface area contributed by atoms with Gasteiger partial charge in [0, 0.05) is 50.4 Å². The van der Waals surface area contributed by atoms with Crippen molar-refractivity contribution in [3.8, 4) is 5.75 Å². The first-order valence-corrected chi connectivity index (χ1v) is 10.9. The van der Waals surface area contributed by atoms with Crippen LogP contribution in [0.15, 0.2) is 47.4 Å². The lowest BCUT2D eigenvalue weighted by Gasteiger charge is -2.35. The van der Waals surface area contributed by atoms with Gasteiger partial charge >= 0.3 is 0 Å². The number of anilines is 1. The smallest absolute Gasteiger partial charge is 0.267 e. The number of benzene rings is 1. The van der Waals surface area contributed by atoms with Crippen molar-refractivity contribution in [3.63, 3.8) is 0 Å². The fourth-order valence-electron chi connectivity index (χ4n) is 3.91. The molecule has 0 bridgehead atoms. The number of rotatable bonds is 6. The molecule has 9 heteroatoms. The van der Waals surface area contributed by atoms with Crippen LogP contribution in [0, 0.1) is 5.82 Å². The molecule has 0 saturated carbocycles. The predicted octanol–water partition coefficient (Wildman–Crippen LogP) is 2.43. The average Bonchev–Trinajstić information content (AvgIpc) is 2.86. The maximum absolute atomic E-state index is 14.6. The number of methoxy groups -OCH3 is 1. The predicted molar refractivity (Wildman–Crippen MR) is 122 cm³/mol. The third kappa shape index (κ3) is 5.02. The summed E-state index contributed by atoms with van der Waals surface area (Å²) in [6, 6.07) is 9.91. The van der Waals surface area contributed by atoms with Crippen LogP contribution in [0.3, 0.4) is 0 Å². The average molecular weight is 452 g/mol. The molecule has 3 aromatic rings. The third-order valence-corrected chi connectivity index (χ3v) is 5.80. The molecule has 0 aliphatic carbocycles. The van der Waals surface area contributed by atoms with Crippen molar-refractivity contribution in [3.05, 3.63) is 81.2 Å². The van der Waals surface area contributed by atoms with Crippen molar-refractivity contribution in [2.45, 2.75) is 19.8 Å². The number of carbonyl (C=O) groups is 1. The van der Waals surface area contributed by atoms with Crippen LogP contribution in [-0.2, 0) is 12.8 Å². The Balaban J connectivity index is 1.45. The zero-order chi connectivity index (χ0) is 23.4. The largest absolute Gasteiger partial charge is 0.497 e. The summed E-state index contributed by atoms with van der Waals surface area (Å²) in [4.78, 5) is 32.9. The summed E-state index contributed by atoms with van der Waals surface area (Å²) in [5.74, 6) is 0.621. The number of amides is 1. The number of ether oxygens (including phenoxy) is 1. The molecule has 33 heavy (non-hydrogen) atoms. The molecule has 1 fully saturated rings. The lowest BCUT2D eigenvalue weighted by atomic mass is 10.0. The minimum atomic E-state index is -0.552. The third-order valence-electron chi connectivity index (χ3n) is 5.80. The minimum absolute atomic E-state index is 0.0422. The Hall–Kier alpha value is -3.75. The van der Waals surface area contributed by atoms with Crippen LogP contribution in [0.5, 0.6) is 5.75 Å². The van der Waals surface area contributed by atoms with E-state index < -0.39 is 5.82 Å². The van der Waals surface area contributed by atoms with Gasteiger partial charge in [-0.15, -0.1) is 0 Å². The molecule has 0 atom stereocenters. The molecule has 1 aliphatic rings. The minimum Gasteiger partial charge on any atom is -0.497 e. The van der Waals surface area contributed by atoms with E-state index in [0.717, 1.165) is 17.1 Å². The molecule has 0 radical (unpaired) electrons. The van der Waals surface area contributed by atoms with E-state index in [1.54, 1.807) is 42.5 Å². The lowest BCUT2D eigenvalue weighted by Crippen LogP contribution is -2.49. The van der Waals surface area contributed by atoms with Crippen LogP contribution < -0.4 is 15.2 Å². The number of pyridine rings is 1. The van der Waals surface area contributed by atoms with Gasteiger partial charge in [0.25, 0.3) is 11.5 Å². The number of carbonyl (C=O) groups excluding carboxylic acids is 1. The Morgan fingerprint density at radius 1 is 1.15 bits per heavy atom. The Labute approximate surface area is 191 Å². The Kier molecular flexibility index (Phi) is 6.67. The van der Waals surface area contributed by atoms with Gasteiger partial charge in [0.1, 0.15) is 17.4 Å². The number of aryl methyl sites for hydroxylation is 1. The molecule has 1 N–H and O–H groups in total. The summed E-state index contributed by atoms with van der Waals surface area (Å²) < 4.78 is 19.8. The highest BCUT2D eigenvalue weighted by atomic mass is 19.1. The van der Waals surface area contributed by atoms with Crippen LogP contribution >= 0.6 is 0 Å². The van der Waals surface area contributed by atoms with E-state index in [9.17, 15) is 14.0 Å². The van der Waals surface area contributed by atoms with Gasteiger partial charge in [-0.2, -0.15) is 5.10 Å². The van der Waals surface area contributed by atoms with E-state index in [-0.39, 0.29) is 17.0 Å². The molecule has 3 heterocycles. The van der Waals surface area contributed by atoms with Gasteiger partial charge in [0.2, 0.25) is 0 Å². The number of nitrogens with zero attached hydrogens (tertiary/aromatic N) is 4. The molecule has 0 spiro atoms. The Morgan fingerprint density at radius 2 is 1.94 bits per heavy atom. The standard InChI is InChI=1S/C24H26FN5O3/c1-3-17-14-18(27-28-23(17)31)12-16-4-5-21(25)20(13-16)24(32)30-10-8-29(9-11-30)22-15-19(33-2)6-7-26-22/h4-7,13-15H,3,8-12H2,1-2H3,(H,28,31). The summed E-state index contributed by atoms with van der Waals surface area (Å²) in [5, 5.41) is 6.56. The van der Waals surface area contributed by atoms with Crippen molar-refractivity contribution in [1.29, 1.82) is 0 Å². The van der Waals surface area contributed by atoms with E-state index in [4.69, 9.17) is 4.74 Å². The molecule has 0 unspecified atom stereocenters. The van der Waals surface area contributed by atoms with Crippen LogP contribution in [0.1, 0.15) is 34.1 Å². The van der Waals surface area contributed by atoms with Crippen molar-refractivity contribution in [2.75, 3.05) is 38.2 Å². The van der Waals surface area contributed by atoms with E-state index in [1.807, 2.05) is 13.0 Å². The van der Waals surface area contributed by atoms with E-state index >= 15 is 0 Å². The number of nitrogens with one attached hydrogen (secondary N) is 1. The molecule has 1 saturated heterocycles. The van der Waals surface area contributed by atoms with Gasteiger partial charge in [0.15, 0.2) is 0 Å². The van der Waals surface area contributed by atoms with E-state index in [0.29, 0.717) is 50.3 Å². The molecular weight excluding hydrogens is 425 g/mol. The highest BCUT2D eigenvalue weighted by molar-refractivity contribution is 5.95. The Bertz CT molecular complexity index is 1200. The fourth-order valence-corrected chi connectivity index (χ4v) is 3.91. The number of hydrogen-bond donors (Lipinski definition) is 1. The van der Waals surface area contributed by atoms with Crippen molar-refractivity contribution < 1.29 is 13.9 Å². The molecule has 8 nitrogen and oxygen atoms in total. The molecule has 1 aliphatic heterocycles. The topological polar surface area (TPSA) is 91.4 Å². The zero-order valence-corrected chi connectivity index (χ0v) is 18.7. The first-order valence-electron chi connectivity index (χ1n) is 10.9. The lowest BCUT2D eigenvalue weighted by molar-refractivity contribution is 0.0741. The second kappa shape index (κ2) is 9.81. The van der Waals surface area contributed by atoms with Crippen molar-refractivity contribution in [1.82, 2.24) is 20.1 Å². The normalized spacial score (nSPS) is 13.8.